The zero-order valence-corrected chi connectivity index (χ0v) is 21.0. The lowest BCUT2D eigenvalue weighted by Gasteiger charge is -2.13. The van der Waals surface area contributed by atoms with E-state index in [1.165, 1.54) is 22.0 Å². The first-order valence-corrected chi connectivity index (χ1v) is 10.8. The van der Waals surface area contributed by atoms with E-state index in [2.05, 4.69) is 90.5 Å². The van der Waals surface area contributed by atoms with Crippen molar-refractivity contribution in [3.63, 3.8) is 0 Å². The molecule has 2 N–H and O–H groups in total. The summed E-state index contributed by atoms with van der Waals surface area (Å²) in [6.07, 6.45) is 7.05. The summed E-state index contributed by atoms with van der Waals surface area (Å²) in [5.74, 6) is 1.86. The van der Waals surface area contributed by atoms with Crippen LogP contribution in [0.2, 0.25) is 0 Å². The van der Waals surface area contributed by atoms with Gasteiger partial charge in [-0.05, 0) is 42.0 Å². The topological polar surface area (TPSA) is 59.2 Å². The smallest absolute Gasteiger partial charge is 0.191 e. The van der Waals surface area contributed by atoms with Crippen LogP contribution in [0.1, 0.15) is 23.4 Å². The lowest BCUT2D eigenvalue weighted by molar-refractivity contribution is 0.640. The van der Waals surface area contributed by atoms with Gasteiger partial charge in [-0.3, -0.25) is 4.99 Å². The number of nitrogens with zero attached hydrogens (tertiary/aromatic N) is 4. The molecule has 0 spiro atoms. The molecule has 0 bridgehead atoms. The number of aliphatic imine (C=N–C) groups is 1. The second-order valence-electron chi connectivity index (χ2n) is 7.70. The van der Waals surface area contributed by atoms with Gasteiger partial charge < -0.3 is 19.8 Å². The lowest BCUT2D eigenvalue weighted by atomic mass is 10.1. The number of guanidine groups is 1. The average Bonchev–Trinajstić information content (AvgIpc) is 3.39. The van der Waals surface area contributed by atoms with Gasteiger partial charge in [-0.25, -0.2) is 4.98 Å². The summed E-state index contributed by atoms with van der Waals surface area (Å²) in [4.78, 5) is 8.66. The van der Waals surface area contributed by atoms with E-state index >= 15 is 0 Å². The quantitative estimate of drug-likeness (QED) is 0.149. The molecule has 2 aromatic heterocycles. The third kappa shape index (κ3) is 6.12. The van der Waals surface area contributed by atoms with Gasteiger partial charge in [0.05, 0.1) is 0 Å². The number of halogens is 1. The third-order valence-corrected chi connectivity index (χ3v) is 5.50. The molecule has 4 aromatic rings. The number of fused-ring (bicyclic) bond motifs is 1. The largest absolute Gasteiger partial charge is 0.356 e. The van der Waals surface area contributed by atoms with Crippen molar-refractivity contribution in [2.75, 3.05) is 13.6 Å². The molecule has 2 heterocycles. The van der Waals surface area contributed by atoms with E-state index in [1.807, 2.05) is 26.4 Å². The SMILES string of the molecule is CN=C(NCCCn1ccc2ccccc21)NCc1cccc(Cn2ccnc2C)c1.I. The van der Waals surface area contributed by atoms with Crippen LogP contribution in [-0.4, -0.2) is 33.7 Å². The number of benzene rings is 2. The Balaban J connectivity index is 0.00000289. The van der Waals surface area contributed by atoms with Gasteiger partial charge in [-0.15, -0.1) is 24.0 Å². The molecule has 0 aliphatic heterocycles. The van der Waals surface area contributed by atoms with Crippen LogP contribution in [0.5, 0.6) is 0 Å². The number of hydrogen-bond acceptors (Lipinski definition) is 2. The van der Waals surface area contributed by atoms with Crippen molar-refractivity contribution < 1.29 is 0 Å². The van der Waals surface area contributed by atoms with E-state index in [0.29, 0.717) is 0 Å². The minimum atomic E-state index is 0. The van der Waals surface area contributed by atoms with Crippen molar-refractivity contribution in [1.29, 1.82) is 0 Å². The molecule has 0 saturated carbocycles. The van der Waals surface area contributed by atoms with E-state index in [4.69, 9.17) is 0 Å². The van der Waals surface area contributed by atoms with Gasteiger partial charge in [0.25, 0.3) is 0 Å². The molecule has 7 heteroatoms. The Morgan fingerprint density at radius 3 is 2.62 bits per heavy atom. The van der Waals surface area contributed by atoms with Crippen LogP contribution in [-0.2, 0) is 19.6 Å². The molecule has 0 radical (unpaired) electrons. The Morgan fingerprint density at radius 2 is 1.81 bits per heavy atom. The highest BCUT2D eigenvalue weighted by atomic mass is 127. The summed E-state index contributed by atoms with van der Waals surface area (Å²) >= 11 is 0. The summed E-state index contributed by atoms with van der Waals surface area (Å²) in [5, 5.41) is 8.13. The van der Waals surface area contributed by atoms with Crippen LogP contribution in [0.4, 0.5) is 0 Å². The monoisotopic (exact) mass is 542 g/mol. The predicted octanol–water partition coefficient (Wildman–Crippen LogP) is 4.57. The van der Waals surface area contributed by atoms with E-state index in [1.54, 1.807) is 0 Å². The summed E-state index contributed by atoms with van der Waals surface area (Å²) in [5.41, 5.74) is 3.79. The summed E-state index contributed by atoms with van der Waals surface area (Å²) in [7, 11) is 1.81. The predicted molar refractivity (Wildman–Crippen MR) is 143 cm³/mol. The molecule has 0 atom stereocenters. The molecule has 2 aromatic carbocycles. The molecule has 0 aliphatic carbocycles. The zero-order chi connectivity index (χ0) is 21.5. The molecule has 0 unspecified atom stereocenters. The highest BCUT2D eigenvalue weighted by Gasteiger charge is 2.03. The third-order valence-electron chi connectivity index (χ3n) is 5.50. The van der Waals surface area contributed by atoms with E-state index in [9.17, 15) is 0 Å². The summed E-state index contributed by atoms with van der Waals surface area (Å²) in [6.45, 7) is 5.44. The van der Waals surface area contributed by atoms with Gasteiger partial charge in [0.2, 0.25) is 0 Å². The number of aromatic nitrogens is 3. The van der Waals surface area contributed by atoms with Crippen LogP contribution in [0.25, 0.3) is 10.9 Å². The van der Waals surface area contributed by atoms with Crippen molar-refractivity contribution in [1.82, 2.24) is 24.8 Å². The van der Waals surface area contributed by atoms with Gasteiger partial charge in [-0.1, -0.05) is 42.5 Å². The highest BCUT2D eigenvalue weighted by molar-refractivity contribution is 14.0. The molecule has 0 amide bonds. The first kappa shape index (κ1) is 23.8. The Kier molecular flexibility index (Phi) is 8.72. The highest BCUT2D eigenvalue weighted by Crippen LogP contribution is 2.15. The second kappa shape index (κ2) is 11.7. The van der Waals surface area contributed by atoms with Crippen molar-refractivity contribution >= 4 is 40.8 Å². The summed E-state index contributed by atoms with van der Waals surface area (Å²) in [6, 6.07) is 19.3. The van der Waals surface area contributed by atoms with Crippen LogP contribution in [0, 0.1) is 6.92 Å². The van der Waals surface area contributed by atoms with Gasteiger partial charge >= 0.3 is 0 Å². The number of para-hydroxylation sites is 1. The maximum Gasteiger partial charge on any atom is 0.191 e. The number of hydrogen-bond donors (Lipinski definition) is 2. The first-order valence-electron chi connectivity index (χ1n) is 10.8. The molecule has 32 heavy (non-hydrogen) atoms. The molecule has 4 rings (SSSR count). The van der Waals surface area contributed by atoms with Gasteiger partial charge in [0, 0.05) is 57.3 Å². The Bertz CT molecular complexity index is 1160. The fraction of sp³-hybridized carbons (Fsp3) is 0.280. The molecule has 0 aliphatic rings. The van der Waals surface area contributed by atoms with Crippen LogP contribution < -0.4 is 10.6 Å². The average molecular weight is 542 g/mol. The maximum absolute atomic E-state index is 4.36. The molecule has 0 fully saturated rings. The Morgan fingerprint density at radius 1 is 0.969 bits per heavy atom. The fourth-order valence-corrected chi connectivity index (χ4v) is 3.80. The van der Waals surface area contributed by atoms with E-state index < -0.39 is 0 Å². The van der Waals surface area contributed by atoms with Gasteiger partial charge in [0.1, 0.15) is 5.82 Å². The Labute approximate surface area is 206 Å². The van der Waals surface area contributed by atoms with Gasteiger partial charge in [0.15, 0.2) is 5.96 Å². The van der Waals surface area contributed by atoms with Crippen molar-refractivity contribution in [3.05, 3.63) is 90.1 Å². The zero-order valence-electron chi connectivity index (χ0n) is 18.7. The van der Waals surface area contributed by atoms with Crippen molar-refractivity contribution in [3.8, 4) is 0 Å². The molecule has 168 valence electrons. The molecular weight excluding hydrogens is 511 g/mol. The van der Waals surface area contributed by atoms with E-state index in [-0.39, 0.29) is 24.0 Å². The lowest BCUT2D eigenvalue weighted by Crippen LogP contribution is -2.37. The minimum absolute atomic E-state index is 0. The van der Waals surface area contributed by atoms with Crippen LogP contribution >= 0.6 is 24.0 Å². The molecular formula is C25H31IN6. The standard InChI is InChI=1S/C25H30N6.HI/c1-20-27-13-16-31(20)19-22-8-5-7-21(17-22)18-29-25(26-2)28-12-6-14-30-15-11-23-9-3-4-10-24(23)30;/h3-5,7-11,13,15-17H,6,12,14,18-19H2,1-2H3,(H2,26,28,29);1H. The van der Waals surface area contributed by atoms with Gasteiger partial charge in [-0.2, -0.15) is 0 Å². The fourth-order valence-electron chi connectivity index (χ4n) is 3.80. The maximum atomic E-state index is 4.36. The number of nitrogens with one attached hydrogen (secondary N) is 2. The number of aryl methyl sites for hydroxylation is 2. The normalized spacial score (nSPS) is 11.4. The second-order valence-corrected chi connectivity index (χ2v) is 7.70. The van der Waals surface area contributed by atoms with Crippen LogP contribution in [0.15, 0.2) is 78.2 Å². The number of imidazole rings is 1. The van der Waals surface area contributed by atoms with E-state index in [0.717, 1.165) is 44.4 Å². The van der Waals surface area contributed by atoms with Crippen LogP contribution in [0.3, 0.4) is 0 Å². The van der Waals surface area contributed by atoms with Crippen molar-refractivity contribution in [2.45, 2.75) is 33.0 Å². The molecule has 6 nitrogen and oxygen atoms in total. The Hall–Kier alpha value is -2.81. The first-order chi connectivity index (χ1) is 15.2. The summed E-state index contributed by atoms with van der Waals surface area (Å²) < 4.78 is 4.46. The van der Waals surface area contributed by atoms with Crippen molar-refractivity contribution in [2.24, 2.45) is 4.99 Å². The minimum Gasteiger partial charge on any atom is -0.356 e. The molecule has 0 saturated heterocycles. The number of rotatable bonds is 8.